The molecule has 0 fully saturated rings. The highest BCUT2D eigenvalue weighted by Crippen LogP contribution is 2.29. The van der Waals surface area contributed by atoms with Crippen molar-refractivity contribution in [1.29, 1.82) is 0 Å². The van der Waals surface area contributed by atoms with Gasteiger partial charge in [0.25, 0.3) is 0 Å². The normalized spacial score (nSPS) is 13.5. The highest BCUT2D eigenvalue weighted by atomic mass is 16.5. The molecule has 0 bridgehead atoms. The minimum absolute atomic E-state index is 0.162. The SMILES string of the molecule is COc1ccc2ccccc2c1CCC(=O)N1CCc2ncncc2C1. The molecule has 4 rings (SSSR count). The molecule has 3 aromatic rings. The molecule has 1 amide bonds. The van der Waals surface area contributed by atoms with Gasteiger partial charge < -0.3 is 9.64 Å². The fourth-order valence-electron chi connectivity index (χ4n) is 3.63. The van der Waals surface area contributed by atoms with E-state index in [1.807, 2.05) is 29.3 Å². The second-order valence-electron chi connectivity index (χ2n) is 6.53. The number of ether oxygens (including phenoxy) is 1. The number of aryl methyl sites for hydroxylation is 1. The number of aromatic nitrogens is 2. The summed E-state index contributed by atoms with van der Waals surface area (Å²) in [5.41, 5.74) is 3.20. The van der Waals surface area contributed by atoms with E-state index in [0.29, 0.717) is 19.4 Å². The van der Waals surface area contributed by atoms with E-state index in [2.05, 4.69) is 28.2 Å². The van der Waals surface area contributed by atoms with Gasteiger partial charge >= 0.3 is 0 Å². The third-order valence-electron chi connectivity index (χ3n) is 5.02. The molecule has 5 nitrogen and oxygen atoms in total. The second kappa shape index (κ2) is 7.12. The molecule has 0 atom stereocenters. The first-order valence-corrected chi connectivity index (χ1v) is 8.86. The predicted molar refractivity (Wildman–Crippen MR) is 100.0 cm³/mol. The van der Waals surface area contributed by atoms with E-state index in [9.17, 15) is 4.79 Å². The van der Waals surface area contributed by atoms with Gasteiger partial charge in [-0.05, 0) is 23.3 Å². The molecule has 0 N–H and O–H groups in total. The number of methoxy groups -OCH3 is 1. The van der Waals surface area contributed by atoms with E-state index >= 15 is 0 Å². The Hall–Kier alpha value is -2.95. The van der Waals surface area contributed by atoms with Crippen molar-refractivity contribution in [3.8, 4) is 5.75 Å². The number of rotatable bonds is 4. The van der Waals surface area contributed by atoms with Crippen LogP contribution in [0.5, 0.6) is 5.75 Å². The number of hydrogen-bond donors (Lipinski definition) is 0. The first-order chi connectivity index (χ1) is 12.8. The molecule has 5 heteroatoms. The summed E-state index contributed by atoms with van der Waals surface area (Å²) in [5.74, 6) is 1.00. The topological polar surface area (TPSA) is 55.3 Å². The lowest BCUT2D eigenvalue weighted by molar-refractivity contribution is -0.132. The highest BCUT2D eigenvalue weighted by molar-refractivity contribution is 5.88. The summed E-state index contributed by atoms with van der Waals surface area (Å²) in [6, 6.07) is 12.3. The zero-order chi connectivity index (χ0) is 17.9. The van der Waals surface area contributed by atoms with Gasteiger partial charge in [0.1, 0.15) is 12.1 Å². The van der Waals surface area contributed by atoms with Crippen LogP contribution in [-0.4, -0.2) is 34.4 Å². The molecule has 1 aromatic heterocycles. The number of hydrogen-bond acceptors (Lipinski definition) is 4. The maximum absolute atomic E-state index is 12.8. The fourth-order valence-corrected chi connectivity index (χ4v) is 3.63. The molecule has 1 aliphatic rings. The molecule has 0 spiro atoms. The van der Waals surface area contributed by atoms with Crippen molar-refractivity contribution < 1.29 is 9.53 Å². The molecule has 0 radical (unpaired) electrons. The molecular formula is C21H21N3O2. The van der Waals surface area contributed by atoms with Crippen LogP contribution in [0.3, 0.4) is 0 Å². The van der Waals surface area contributed by atoms with Crippen LogP contribution in [0.1, 0.15) is 23.2 Å². The number of carbonyl (C=O) groups excluding carboxylic acids is 1. The average Bonchev–Trinajstić information content (AvgIpc) is 2.71. The summed E-state index contributed by atoms with van der Waals surface area (Å²) in [6.07, 6.45) is 5.31. The number of benzene rings is 2. The summed E-state index contributed by atoms with van der Waals surface area (Å²) < 4.78 is 5.54. The van der Waals surface area contributed by atoms with E-state index in [1.54, 1.807) is 13.4 Å². The Morgan fingerprint density at radius 3 is 3.00 bits per heavy atom. The molecular weight excluding hydrogens is 326 g/mol. The van der Waals surface area contributed by atoms with Crippen LogP contribution < -0.4 is 4.74 Å². The Kier molecular flexibility index (Phi) is 4.52. The van der Waals surface area contributed by atoms with Gasteiger partial charge in [0, 0.05) is 43.3 Å². The van der Waals surface area contributed by atoms with Crippen molar-refractivity contribution in [2.24, 2.45) is 0 Å². The molecule has 2 heterocycles. The summed E-state index contributed by atoms with van der Waals surface area (Å²) in [4.78, 5) is 23.0. The molecule has 0 aliphatic carbocycles. The lowest BCUT2D eigenvalue weighted by atomic mass is 9.99. The fraction of sp³-hybridized carbons (Fsp3) is 0.286. The molecule has 2 aromatic carbocycles. The van der Waals surface area contributed by atoms with Crippen LogP contribution in [0.25, 0.3) is 10.8 Å². The quantitative estimate of drug-likeness (QED) is 0.727. The van der Waals surface area contributed by atoms with Crippen LogP contribution in [0.4, 0.5) is 0 Å². The smallest absolute Gasteiger partial charge is 0.223 e. The number of amides is 1. The third kappa shape index (κ3) is 3.12. The van der Waals surface area contributed by atoms with Gasteiger partial charge in [-0.25, -0.2) is 9.97 Å². The van der Waals surface area contributed by atoms with Gasteiger partial charge in [0.05, 0.1) is 12.8 Å². The van der Waals surface area contributed by atoms with Crippen molar-refractivity contribution in [2.75, 3.05) is 13.7 Å². The lowest BCUT2D eigenvalue weighted by Gasteiger charge is -2.28. The van der Waals surface area contributed by atoms with Crippen molar-refractivity contribution >= 4 is 16.7 Å². The molecule has 0 saturated heterocycles. The first-order valence-electron chi connectivity index (χ1n) is 8.86. The number of carbonyl (C=O) groups is 1. The zero-order valence-corrected chi connectivity index (χ0v) is 14.8. The van der Waals surface area contributed by atoms with Gasteiger partial charge in [0.15, 0.2) is 0 Å². The van der Waals surface area contributed by atoms with Crippen molar-refractivity contribution in [1.82, 2.24) is 14.9 Å². The molecule has 26 heavy (non-hydrogen) atoms. The van der Waals surface area contributed by atoms with Crippen molar-refractivity contribution in [3.63, 3.8) is 0 Å². The minimum atomic E-state index is 0.162. The van der Waals surface area contributed by atoms with Crippen LogP contribution >= 0.6 is 0 Å². The summed E-state index contributed by atoms with van der Waals surface area (Å²) in [5, 5.41) is 2.32. The van der Waals surface area contributed by atoms with Crippen LogP contribution in [-0.2, 0) is 24.2 Å². The second-order valence-corrected chi connectivity index (χ2v) is 6.53. The molecule has 1 aliphatic heterocycles. The van der Waals surface area contributed by atoms with E-state index in [4.69, 9.17) is 4.74 Å². The van der Waals surface area contributed by atoms with Crippen LogP contribution in [0, 0.1) is 0 Å². The van der Waals surface area contributed by atoms with E-state index in [0.717, 1.165) is 40.9 Å². The Morgan fingerprint density at radius 2 is 2.12 bits per heavy atom. The molecule has 0 saturated carbocycles. The van der Waals surface area contributed by atoms with Gasteiger partial charge in [-0.1, -0.05) is 30.3 Å². The maximum Gasteiger partial charge on any atom is 0.223 e. The Balaban J connectivity index is 1.51. The van der Waals surface area contributed by atoms with Crippen molar-refractivity contribution in [2.45, 2.75) is 25.8 Å². The van der Waals surface area contributed by atoms with Gasteiger partial charge in [0.2, 0.25) is 5.91 Å². The monoisotopic (exact) mass is 347 g/mol. The number of nitrogens with zero attached hydrogens (tertiary/aromatic N) is 3. The minimum Gasteiger partial charge on any atom is -0.496 e. The van der Waals surface area contributed by atoms with Gasteiger partial charge in [-0.3, -0.25) is 4.79 Å². The third-order valence-corrected chi connectivity index (χ3v) is 5.02. The Bertz CT molecular complexity index is 955. The Morgan fingerprint density at radius 1 is 1.23 bits per heavy atom. The Labute approximate surface area is 152 Å². The number of fused-ring (bicyclic) bond motifs is 2. The maximum atomic E-state index is 12.8. The van der Waals surface area contributed by atoms with Gasteiger partial charge in [-0.2, -0.15) is 0 Å². The average molecular weight is 347 g/mol. The largest absolute Gasteiger partial charge is 0.496 e. The standard InChI is InChI=1S/C21H21N3O2/c1-26-20-8-6-15-4-2-3-5-17(15)18(20)7-9-21(25)24-11-10-19-16(13-24)12-22-14-23-19/h2-6,8,12,14H,7,9-11,13H2,1H3. The summed E-state index contributed by atoms with van der Waals surface area (Å²) >= 11 is 0. The van der Waals surface area contributed by atoms with Crippen LogP contribution in [0.2, 0.25) is 0 Å². The first kappa shape index (κ1) is 16.5. The predicted octanol–water partition coefficient (Wildman–Crippen LogP) is 3.16. The molecule has 0 unspecified atom stereocenters. The zero-order valence-electron chi connectivity index (χ0n) is 14.8. The van der Waals surface area contributed by atoms with Crippen LogP contribution in [0.15, 0.2) is 48.9 Å². The van der Waals surface area contributed by atoms with E-state index in [-0.39, 0.29) is 5.91 Å². The van der Waals surface area contributed by atoms with E-state index < -0.39 is 0 Å². The lowest BCUT2D eigenvalue weighted by Crippen LogP contribution is -2.36. The van der Waals surface area contributed by atoms with Crippen molar-refractivity contribution in [3.05, 3.63) is 65.7 Å². The van der Waals surface area contributed by atoms with E-state index in [1.165, 1.54) is 5.39 Å². The molecule has 132 valence electrons. The summed E-state index contributed by atoms with van der Waals surface area (Å²) in [7, 11) is 1.68. The summed E-state index contributed by atoms with van der Waals surface area (Å²) in [6.45, 7) is 1.32. The van der Waals surface area contributed by atoms with Gasteiger partial charge in [-0.15, -0.1) is 0 Å². The highest BCUT2D eigenvalue weighted by Gasteiger charge is 2.22.